The lowest BCUT2D eigenvalue weighted by Gasteiger charge is -2.14. The molecule has 1 N–H and O–H groups in total. The quantitative estimate of drug-likeness (QED) is 0.650. The van der Waals surface area contributed by atoms with Gasteiger partial charge in [-0.3, -0.25) is 4.79 Å². The summed E-state index contributed by atoms with van der Waals surface area (Å²) in [6.45, 7) is 3.53. The standard InChI is InChI=1S/C22H24N2O4/c1-15(25)7-8-17-9-11-19(12-10-17)28-14-18(26)13-24-22(27)21-6-4-3-5-20(21)16(2)23-24/h3-6,9-12,18,26H,7-8,13-14H2,1-2H3/t18-/m1/s1. The summed E-state index contributed by atoms with van der Waals surface area (Å²) in [5.74, 6) is 0.789. The number of hydrogen-bond acceptors (Lipinski definition) is 5. The van der Waals surface area contributed by atoms with Gasteiger partial charge in [0.15, 0.2) is 0 Å². The average Bonchev–Trinajstić information content (AvgIpc) is 2.69. The molecule has 0 aliphatic carbocycles. The number of hydrogen-bond donors (Lipinski definition) is 1. The first kappa shape index (κ1) is 19.8. The van der Waals surface area contributed by atoms with Gasteiger partial charge in [0.25, 0.3) is 5.56 Å². The van der Waals surface area contributed by atoms with E-state index in [1.165, 1.54) is 4.68 Å². The highest BCUT2D eigenvalue weighted by molar-refractivity contribution is 5.83. The number of nitrogens with zero attached hydrogens (tertiary/aromatic N) is 2. The van der Waals surface area contributed by atoms with Crippen LogP contribution in [0.5, 0.6) is 5.75 Å². The van der Waals surface area contributed by atoms with Crippen LogP contribution in [0.2, 0.25) is 0 Å². The Morgan fingerprint density at radius 2 is 1.82 bits per heavy atom. The second-order valence-corrected chi connectivity index (χ2v) is 6.93. The Kier molecular flexibility index (Phi) is 6.21. The summed E-state index contributed by atoms with van der Waals surface area (Å²) >= 11 is 0. The van der Waals surface area contributed by atoms with E-state index in [9.17, 15) is 14.7 Å². The zero-order valence-electron chi connectivity index (χ0n) is 16.1. The van der Waals surface area contributed by atoms with Crippen LogP contribution in [0.1, 0.15) is 24.6 Å². The van der Waals surface area contributed by atoms with Crippen molar-refractivity contribution in [2.24, 2.45) is 0 Å². The van der Waals surface area contributed by atoms with Gasteiger partial charge in [0.05, 0.1) is 17.6 Å². The third-order valence-corrected chi connectivity index (χ3v) is 4.57. The van der Waals surface area contributed by atoms with E-state index in [0.717, 1.165) is 16.6 Å². The largest absolute Gasteiger partial charge is 0.491 e. The molecule has 28 heavy (non-hydrogen) atoms. The van der Waals surface area contributed by atoms with Gasteiger partial charge in [-0.1, -0.05) is 30.3 Å². The molecule has 0 fully saturated rings. The van der Waals surface area contributed by atoms with Gasteiger partial charge in [-0.05, 0) is 44.0 Å². The Bertz CT molecular complexity index is 1020. The number of ketones is 1. The Hall–Kier alpha value is -2.99. The molecule has 2 aromatic carbocycles. The molecule has 1 heterocycles. The molecule has 0 radical (unpaired) electrons. The molecular weight excluding hydrogens is 356 g/mol. The minimum absolute atomic E-state index is 0.0484. The summed E-state index contributed by atoms with van der Waals surface area (Å²) in [6.07, 6.45) is 0.350. The Labute approximate surface area is 163 Å². The van der Waals surface area contributed by atoms with E-state index in [1.54, 1.807) is 13.0 Å². The van der Waals surface area contributed by atoms with Crippen LogP contribution < -0.4 is 10.3 Å². The SMILES string of the molecule is CC(=O)CCc1ccc(OC[C@H](O)Cn2nc(C)c3ccccc3c2=O)cc1. The van der Waals surface area contributed by atoms with Crippen molar-refractivity contribution >= 4 is 16.6 Å². The van der Waals surface area contributed by atoms with Crippen molar-refractivity contribution in [1.29, 1.82) is 0 Å². The van der Waals surface area contributed by atoms with Crippen LogP contribution in [0.4, 0.5) is 0 Å². The maximum Gasteiger partial charge on any atom is 0.274 e. The second kappa shape index (κ2) is 8.80. The number of carbonyl (C=O) groups excluding carboxylic acids is 1. The van der Waals surface area contributed by atoms with Crippen LogP contribution in [-0.4, -0.2) is 33.4 Å². The summed E-state index contributed by atoms with van der Waals surface area (Å²) in [5.41, 5.74) is 1.57. The third-order valence-electron chi connectivity index (χ3n) is 4.57. The van der Waals surface area contributed by atoms with E-state index in [4.69, 9.17) is 4.74 Å². The topological polar surface area (TPSA) is 81.4 Å². The van der Waals surface area contributed by atoms with Crippen LogP contribution in [-0.2, 0) is 17.8 Å². The molecule has 0 unspecified atom stereocenters. The molecular formula is C22H24N2O4. The Morgan fingerprint density at radius 3 is 2.50 bits per heavy atom. The van der Waals surface area contributed by atoms with E-state index in [0.29, 0.717) is 24.0 Å². The highest BCUT2D eigenvalue weighted by atomic mass is 16.5. The van der Waals surface area contributed by atoms with Crippen molar-refractivity contribution in [3.63, 3.8) is 0 Å². The first-order valence-corrected chi connectivity index (χ1v) is 9.30. The molecule has 1 atom stereocenters. The lowest BCUT2D eigenvalue weighted by molar-refractivity contribution is -0.116. The zero-order valence-corrected chi connectivity index (χ0v) is 16.1. The molecule has 6 heteroatoms. The average molecular weight is 380 g/mol. The van der Waals surface area contributed by atoms with Crippen LogP contribution in [0, 0.1) is 6.92 Å². The van der Waals surface area contributed by atoms with Crippen LogP contribution in [0.25, 0.3) is 10.8 Å². The molecule has 0 aliphatic rings. The van der Waals surface area contributed by atoms with Gasteiger partial charge >= 0.3 is 0 Å². The fourth-order valence-corrected chi connectivity index (χ4v) is 3.05. The van der Waals surface area contributed by atoms with Gasteiger partial charge in [0, 0.05) is 11.8 Å². The van der Waals surface area contributed by atoms with Crippen LogP contribution in [0.3, 0.4) is 0 Å². The van der Waals surface area contributed by atoms with Gasteiger partial charge in [-0.2, -0.15) is 5.10 Å². The number of benzene rings is 2. The van der Waals surface area contributed by atoms with E-state index in [-0.39, 0.29) is 24.5 Å². The van der Waals surface area contributed by atoms with Crippen molar-refractivity contribution in [3.8, 4) is 5.75 Å². The van der Waals surface area contributed by atoms with Crippen molar-refractivity contribution in [2.75, 3.05) is 6.61 Å². The summed E-state index contributed by atoms with van der Waals surface area (Å²) in [6, 6.07) is 14.7. The van der Waals surface area contributed by atoms with Crippen molar-refractivity contribution in [1.82, 2.24) is 9.78 Å². The molecule has 3 aromatic rings. The van der Waals surface area contributed by atoms with Crippen LogP contribution in [0.15, 0.2) is 53.3 Å². The van der Waals surface area contributed by atoms with E-state index in [2.05, 4.69) is 5.10 Å². The maximum absolute atomic E-state index is 12.6. The maximum atomic E-state index is 12.6. The van der Waals surface area contributed by atoms with Gasteiger partial charge in [-0.25, -0.2) is 4.68 Å². The lowest BCUT2D eigenvalue weighted by Crippen LogP contribution is -2.32. The molecule has 0 saturated heterocycles. The molecule has 0 bridgehead atoms. The monoisotopic (exact) mass is 380 g/mol. The number of carbonyl (C=O) groups is 1. The van der Waals surface area contributed by atoms with Gasteiger partial charge in [-0.15, -0.1) is 0 Å². The van der Waals surface area contributed by atoms with Gasteiger partial charge in [0.1, 0.15) is 24.2 Å². The number of aliphatic hydroxyl groups excluding tert-OH is 1. The molecule has 0 aliphatic heterocycles. The number of ether oxygens (including phenoxy) is 1. The predicted octanol–water partition coefficient (Wildman–Crippen LogP) is 2.67. The van der Waals surface area contributed by atoms with Crippen molar-refractivity contribution in [2.45, 2.75) is 39.3 Å². The molecule has 0 saturated carbocycles. The Morgan fingerprint density at radius 1 is 1.14 bits per heavy atom. The highest BCUT2D eigenvalue weighted by Crippen LogP contribution is 2.15. The lowest BCUT2D eigenvalue weighted by atomic mass is 10.1. The number of fused-ring (bicyclic) bond motifs is 1. The van der Waals surface area contributed by atoms with Crippen LogP contribution >= 0.6 is 0 Å². The second-order valence-electron chi connectivity index (χ2n) is 6.93. The number of aliphatic hydroxyl groups is 1. The fourth-order valence-electron chi connectivity index (χ4n) is 3.05. The number of rotatable bonds is 8. The number of Topliss-reactive ketones (excluding diaryl/α,β-unsaturated/α-hetero) is 1. The summed E-state index contributed by atoms with van der Waals surface area (Å²) in [4.78, 5) is 23.6. The van der Waals surface area contributed by atoms with E-state index < -0.39 is 6.10 Å². The smallest absolute Gasteiger partial charge is 0.274 e. The zero-order chi connectivity index (χ0) is 20.1. The number of aryl methyl sites for hydroxylation is 2. The fraction of sp³-hybridized carbons (Fsp3) is 0.318. The summed E-state index contributed by atoms with van der Waals surface area (Å²) < 4.78 is 6.91. The summed E-state index contributed by atoms with van der Waals surface area (Å²) in [7, 11) is 0. The first-order valence-electron chi connectivity index (χ1n) is 9.30. The highest BCUT2D eigenvalue weighted by Gasteiger charge is 2.12. The minimum Gasteiger partial charge on any atom is -0.491 e. The van der Waals surface area contributed by atoms with E-state index in [1.807, 2.05) is 49.4 Å². The number of aromatic nitrogens is 2. The Balaban J connectivity index is 1.61. The molecule has 0 amide bonds. The molecule has 146 valence electrons. The predicted molar refractivity (Wildman–Crippen MR) is 108 cm³/mol. The van der Waals surface area contributed by atoms with Gasteiger partial charge in [0.2, 0.25) is 0 Å². The normalized spacial score (nSPS) is 12.1. The van der Waals surface area contributed by atoms with Crippen molar-refractivity contribution in [3.05, 3.63) is 70.1 Å². The molecule has 3 rings (SSSR count). The van der Waals surface area contributed by atoms with E-state index >= 15 is 0 Å². The third kappa shape index (κ3) is 4.84. The molecule has 1 aromatic heterocycles. The van der Waals surface area contributed by atoms with Gasteiger partial charge < -0.3 is 14.6 Å². The molecule has 6 nitrogen and oxygen atoms in total. The summed E-state index contributed by atoms with van der Waals surface area (Å²) in [5, 5.41) is 16.0. The first-order chi connectivity index (χ1) is 13.4. The van der Waals surface area contributed by atoms with Crippen molar-refractivity contribution < 1.29 is 14.6 Å². The minimum atomic E-state index is -0.872. The molecule has 0 spiro atoms.